The van der Waals surface area contributed by atoms with Gasteiger partial charge in [0.2, 0.25) is 0 Å². The fourth-order valence-electron chi connectivity index (χ4n) is 1.90. The maximum absolute atomic E-state index is 13.0. The molecule has 0 saturated carbocycles. The van der Waals surface area contributed by atoms with Crippen LogP contribution in [0.2, 0.25) is 0 Å². The van der Waals surface area contributed by atoms with Crippen LogP contribution >= 0.6 is 0 Å². The molecule has 19 heavy (non-hydrogen) atoms. The highest BCUT2D eigenvalue weighted by atomic mass is 19.1. The van der Waals surface area contributed by atoms with Crippen molar-refractivity contribution in [3.8, 4) is 0 Å². The largest absolute Gasteiger partial charge is 0.425 e. The van der Waals surface area contributed by atoms with Crippen molar-refractivity contribution in [2.24, 2.45) is 0 Å². The van der Waals surface area contributed by atoms with Crippen molar-refractivity contribution in [1.29, 1.82) is 0 Å². The van der Waals surface area contributed by atoms with Gasteiger partial charge in [0.05, 0.1) is 0 Å². The van der Waals surface area contributed by atoms with Crippen LogP contribution in [0.15, 0.2) is 48.5 Å². The summed E-state index contributed by atoms with van der Waals surface area (Å²) >= 11 is 0. The number of rotatable bonds is 4. The minimum Gasteiger partial charge on any atom is -0.425 e. The monoisotopic (exact) mass is 260 g/mol. The molecule has 0 fully saturated rings. The van der Waals surface area contributed by atoms with Crippen molar-refractivity contribution in [1.82, 2.24) is 0 Å². The molecule has 2 rings (SSSR count). The Bertz CT molecular complexity index is 477. The molecule has 0 aliphatic heterocycles. The molecule has 0 aliphatic carbocycles. The summed E-state index contributed by atoms with van der Waals surface area (Å²) in [6.45, 7) is 3.54. The van der Waals surface area contributed by atoms with Gasteiger partial charge in [-0.3, -0.25) is 0 Å². The third kappa shape index (κ3) is 3.64. The molecule has 2 aromatic carbocycles. The van der Waals surface area contributed by atoms with E-state index in [1.54, 1.807) is 24.3 Å². The smallest absolute Gasteiger partial charge is 0.361 e. The molecule has 0 unspecified atom stereocenters. The lowest BCUT2D eigenvalue weighted by Crippen LogP contribution is -2.46. The lowest BCUT2D eigenvalue weighted by molar-refractivity contribution is 0.253. The highest BCUT2D eigenvalue weighted by Gasteiger charge is 2.22. The first-order valence-corrected chi connectivity index (χ1v) is 6.22. The Morgan fingerprint density at radius 3 is 1.47 bits per heavy atom. The van der Waals surface area contributed by atoms with Crippen LogP contribution in [0, 0.1) is 11.6 Å². The number of benzene rings is 2. The van der Waals surface area contributed by atoms with Gasteiger partial charge in [-0.05, 0) is 49.0 Å². The van der Waals surface area contributed by atoms with E-state index >= 15 is 0 Å². The van der Waals surface area contributed by atoms with Gasteiger partial charge in [-0.15, -0.1) is 0 Å². The third-order valence-corrected chi connectivity index (χ3v) is 2.75. The van der Waals surface area contributed by atoms with Crippen LogP contribution in [0.25, 0.3) is 0 Å². The molecule has 0 N–H and O–H groups in total. The molecule has 0 saturated heterocycles. The van der Waals surface area contributed by atoms with Gasteiger partial charge in [-0.25, -0.2) is 8.78 Å². The van der Waals surface area contributed by atoms with Crippen molar-refractivity contribution in [3.05, 3.63) is 60.2 Å². The quantitative estimate of drug-likeness (QED) is 0.767. The van der Waals surface area contributed by atoms with Crippen LogP contribution in [0.5, 0.6) is 0 Å². The SMILES string of the molecule is CC(C)OB(c1ccc(F)cc1)c1ccc(F)cc1. The molecule has 4 heteroatoms. The molecule has 0 bridgehead atoms. The Morgan fingerprint density at radius 1 is 0.789 bits per heavy atom. The molecular weight excluding hydrogens is 245 g/mol. The van der Waals surface area contributed by atoms with Crippen LogP contribution in [-0.2, 0) is 4.65 Å². The van der Waals surface area contributed by atoms with E-state index in [4.69, 9.17) is 4.65 Å². The summed E-state index contributed by atoms with van der Waals surface area (Å²) in [5.41, 5.74) is 1.70. The molecule has 0 aliphatic rings. The van der Waals surface area contributed by atoms with Crippen molar-refractivity contribution in [2.45, 2.75) is 20.0 Å². The van der Waals surface area contributed by atoms with Gasteiger partial charge in [0.1, 0.15) is 11.6 Å². The Hall–Kier alpha value is -1.68. The maximum Gasteiger partial charge on any atom is 0.361 e. The molecule has 0 aromatic heterocycles. The fraction of sp³-hybridized carbons (Fsp3) is 0.200. The zero-order valence-corrected chi connectivity index (χ0v) is 10.9. The summed E-state index contributed by atoms with van der Waals surface area (Å²) in [6, 6.07) is 12.3. The number of halogens is 2. The second-order valence-electron chi connectivity index (χ2n) is 4.67. The van der Waals surface area contributed by atoms with Gasteiger partial charge >= 0.3 is 6.92 Å². The number of hydrogen-bond acceptors (Lipinski definition) is 1. The van der Waals surface area contributed by atoms with Gasteiger partial charge < -0.3 is 4.65 Å². The lowest BCUT2D eigenvalue weighted by Gasteiger charge is -2.18. The van der Waals surface area contributed by atoms with Crippen LogP contribution < -0.4 is 10.9 Å². The zero-order chi connectivity index (χ0) is 13.8. The normalized spacial score (nSPS) is 10.8. The third-order valence-electron chi connectivity index (χ3n) is 2.75. The minimum atomic E-state index is -0.318. The topological polar surface area (TPSA) is 9.23 Å². The van der Waals surface area contributed by atoms with Gasteiger partial charge in [-0.2, -0.15) is 0 Å². The van der Waals surface area contributed by atoms with Gasteiger partial charge in [0.15, 0.2) is 0 Å². The molecule has 0 amide bonds. The first-order valence-electron chi connectivity index (χ1n) is 6.22. The Labute approximate surface area is 112 Å². The summed E-state index contributed by atoms with van der Waals surface area (Å²) in [5.74, 6) is -0.572. The van der Waals surface area contributed by atoms with E-state index in [1.165, 1.54) is 24.3 Å². The predicted molar refractivity (Wildman–Crippen MR) is 74.0 cm³/mol. The van der Waals surface area contributed by atoms with Crippen molar-refractivity contribution in [3.63, 3.8) is 0 Å². The summed E-state index contributed by atoms with van der Waals surface area (Å²) in [4.78, 5) is 0. The average Bonchev–Trinajstić information content (AvgIpc) is 2.38. The molecule has 0 spiro atoms. The average molecular weight is 260 g/mol. The van der Waals surface area contributed by atoms with Crippen LogP contribution in [0.3, 0.4) is 0 Å². The van der Waals surface area contributed by atoms with E-state index < -0.39 is 0 Å². The van der Waals surface area contributed by atoms with Gasteiger partial charge in [0, 0.05) is 6.10 Å². The second kappa shape index (κ2) is 5.98. The molecule has 0 atom stereocenters. The first kappa shape index (κ1) is 13.7. The van der Waals surface area contributed by atoms with Crippen LogP contribution in [0.4, 0.5) is 8.78 Å². The summed E-state index contributed by atoms with van der Waals surface area (Å²) in [6.07, 6.45) is 0.0140. The van der Waals surface area contributed by atoms with E-state index in [0.29, 0.717) is 0 Å². The van der Waals surface area contributed by atoms with E-state index in [9.17, 15) is 8.78 Å². The first-order chi connectivity index (χ1) is 9.06. The van der Waals surface area contributed by atoms with E-state index in [0.717, 1.165) is 10.9 Å². The van der Waals surface area contributed by atoms with Gasteiger partial charge in [0.25, 0.3) is 0 Å². The minimum absolute atomic E-state index is 0.0140. The van der Waals surface area contributed by atoms with Gasteiger partial charge in [-0.1, -0.05) is 24.3 Å². The van der Waals surface area contributed by atoms with Crippen molar-refractivity contribution in [2.75, 3.05) is 0 Å². The fourth-order valence-corrected chi connectivity index (χ4v) is 1.90. The summed E-state index contributed by atoms with van der Waals surface area (Å²) in [7, 11) is 0. The summed E-state index contributed by atoms with van der Waals surface area (Å²) < 4.78 is 31.8. The van der Waals surface area contributed by atoms with E-state index in [1.807, 2.05) is 13.8 Å². The Kier molecular flexibility index (Phi) is 4.33. The highest BCUT2D eigenvalue weighted by Crippen LogP contribution is 2.01. The van der Waals surface area contributed by atoms with Crippen LogP contribution in [-0.4, -0.2) is 13.0 Å². The maximum atomic E-state index is 13.0. The molecule has 1 nitrogen and oxygen atoms in total. The standard InChI is InChI=1S/C15H15BF2O/c1-11(2)19-16(12-3-7-14(17)8-4-12)13-5-9-15(18)10-6-13/h3-11H,1-2H3. The van der Waals surface area contributed by atoms with Crippen molar-refractivity contribution < 1.29 is 13.4 Å². The predicted octanol–water partition coefficient (Wildman–Crippen LogP) is 2.50. The Balaban J connectivity index is 2.35. The zero-order valence-electron chi connectivity index (χ0n) is 10.9. The summed E-state index contributed by atoms with van der Waals surface area (Å²) in [5, 5.41) is 0. The van der Waals surface area contributed by atoms with E-state index in [-0.39, 0.29) is 24.7 Å². The lowest BCUT2D eigenvalue weighted by atomic mass is 9.55. The molecule has 0 heterocycles. The number of hydrogen-bond donors (Lipinski definition) is 0. The molecule has 2 aromatic rings. The second-order valence-corrected chi connectivity index (χ2v) is 4.67. The molecule has 98 valence electrons. The Morgan fingerprint density at radius 2 is 1.16 bits per heavy atom. The molecular formula is C15H15BF2O. The molecule has 0 radical (unpaired) electrons. The van der Waals surface area contributed by atoms with E-state index in [2.05, 4.69) is 0 Å². The van der Waals surface area contributed by atoms with Crippen LogP contribution in [0.1, 0.15) is 13.8 Å². The van der Waals surface area contributed by atoms with Crippen molar-refractivity contribution >= 4 is 17.8 Å². The highest BCUT2D eigenvalue weighted by molar-refractivity contribution is 6.80.